The van der Waals surface area contributed by atoms with Crippen LogP contribution in [0.25, 0.3) is 0 Å². The number of carbonyl (C=O) groups excluding carboxylic acids is 1. The zero-order valence-electron chi connectivity index (χ0n) is 16.6. The highest BCUT2D eigenvalue weighted by Gasteiger charge is 2.44. The van der Waals surface area contributed by atoms with Gasteiger partial charge in [-0.3, -0.25) is 4.79 Å². The maximum absolute atomic E-state index is 13.0. The Labute approximate surface area is 171 Å². The van der Waals surface area contributed by atoms with Crippen molar-refractivity contribution < 1.29 is 19.0 Å². The number of nitrogens with zero attached hydrogens (tertiary/aromatic N) is 3. The lowest BCUT2D eigenvalue weighted by Crippen LogP contribution is -2.49. The van der Waals surface area contributed by atoms with Gasteiger partial charge in [-0.1, -0.05) is 0 Å². The number of amides is 1. The maximum atomic E-state index is 13.0. The average molecular weight is 400 g/mol. The summed E-state index contributed by atoms with van der Waals surface area (Å²) in [6.45, 7) is 4.26. The Morgan fingerprint density at radius 3 is 2.90 bits per heavy atom. The van der Waals surface area contributed by atoms with Crippen molar-refractivity contribution in [3.8, 4) is 6.07 Å². The highest BCUT2D eigenvalue weighted by Crippen LogP contribution is 2.34. The van der Waals surface area contributed by atoms with Gasteiger partial charge >= 0.3 is 0 Å². The van der Waals surface area contributed by atoms with Crippen LogP contribution in [0.4, 0.5) is 5.82 Å². The van der Waals surface area contributed by atoms with E-state index >= 15 is 0 Å². The maximum Gasteiger partial charge on any atom is 0.226 e. The summed E-state index contributed by atoms with van der Waals surface area (Å²) in [4.78, 5) is 19.2. The van der Waals surface area contributed by atoms with E-state index < -0.39 is 5.60 Å². The predicted octanol–water partition coefficient (Wildman–Crippen LogP) is 1.57. The van der Waals surface area contributed by atoms with Gasteiger partial charge in [0.2, 0.25) is 5.91 Å². The Balaban J connectivity index is 1.33. The number of hydrogen-bond donors (Lipinski definition) is 1. The molecule has 1 amide bonds. The zero-order valence-corrected chi connectivity index (χ0v) is 16.6. The highest BCUT2D eigenvalue weighted by atomic mass is 16.6. The van der Waals surface area contributed by atoms with Crippen LogP contribution in [0, 0.1) is 17.2 Å². The first-order chi connectivity index (χ1) is 14.2. The number of carbonyl (C=O) groups is 1. The molecule has 3 saturated heterocycles. The number of ether oxygens (including phenoxy) is 3. The standard InChI is InChI=1S/C21H28N4O4/c22-11-16-1-2-19(23-12-16)24-13-18-3-6-21(29-18)14-25(7-10-28-15-21)20(26)17-4-8-27-9-5-17/h1-2,12,17-18H,3-10,13-15H2,(H,23,24)/t18-,21-/m0/s1. The molecule has 1 N–H and O–H groups in total. The first-order valence-corrected chi connectivity index (χ1v) is 10.4. The van der Waals surface area contributed by atoms with Crippen molar-refractivity contribution in [1.82, 2.24) is 9.88 Å². The second kappa shape index (κ2) is 9.08. The smallest absolute Gasteiger partial charge is 0.226 e. The molecule has 0 aliphatic carbocycles. The monoisotopic (exact) mass is 400 g/mol. The Morgan fingerprint density at radius 2 is 2.14 bits per heavy atom. The van der Waals surface area contributed by atoms with E-state index in [2.05, 4.69) is 16.4 Å². The molecule has 8 nitrogen and oxygen atoms in total. The van der Waals surface area contributed by atoms with Crippen LogP contribution >= 0.6 is 0 Å². The van der Waals surface area contributed by atoms with Gasteiger partial charge in [0.15, 0.2) is 0 Å². The lowest BCUT2D eigenvalue weighted by molar-refractivity contribution is -0.142. The molecule has 1 aromatic heterocycles. The van der Waals surface area contributed by atoms with Gasteiger partial charge in [0.05, 0.1) is 31.4 Å². The van der Waals surface area contributed by atoms with Gasteiger partial charge in [-0.25, -0.2) is 4.98 Å². The van der Waals surface area contributed by atoms with Gasteiger partial charge < -0.3 is 24.4 Å². The fraction of sp³-hybridized carbons (Fsp3) is 0.667. The molecule has 1 spiro atoms. The van der Waals surface area contributed by atoms with Crippen LogP contribution in [-0.2, 0) is 19.0 Å². The summed E-state index contributed by atoms with van der Waals surface area (Å²) in [7, 11) is 0. The Hall–Kier alpha value is -2.21. The number of pyridine rings is 1. The van der Waals surface area contributed by atoms with Crippen molar-refractivity contribution in [2.45, 2.75) is 37.4 Å². The molecule has 156 valence electrons. The van der Waals surface area contributed by atoms with Crippen LogP contribution in [0.3, 0.4) is 0 Å². The molecule has 4 heterocycles. The minimum Gasteiger partial charge on any atom is -0.381 e. The molecule has 1 aromatic rings. The summed E-state index contributed by atoms with van der Waals surface area (Å²) >= 11 is 0. The molecule has 0 unspecified atom stereocenters. The number of aromatic nitrogens is 1. The summed E-state index contributed by atoms with van der Waals surface area (Å²) in [6.07, 6.45) is 4.97. The van der Waals surface area contributed by atoms with Gasteiger partial charge in [0.1, 0.15) is 17.5 Å². The van der Waals surface area contributed by atoms with Crippen LogP contribution in [0.1, 0.15) is 31.2 Å². The molecular formula is C21H28N4O4. The number of nitriles is 1. The molecule has 8 heteroatoms. The predicted molar refractivity (Wildman–Crippen MR) is 105 cm³/mol. The van der Waals surface area contributed by atoms with Gasteiger partial charge in [-0.05, 0) is 37.8 Å². The van der Waals surface area contributed by atoms with E-state index in [9.17, 15) is 4.79 Å². The number of rotatable bonds is 4. The molecule has 4 rings (SSSR count). The highest BCUT2D eigenvalue weighted by molar-refractivity contribution is 5.79. The van der Waals surface area contributed by atoms with Gasteiger partial charge in [-0.15, -0.1) is 0 Å². The summed E-state index contributed by atoms with van der Waals surface area (Å²) in [5.41, 5.74) is 0.110. The van der Waals surface area contributed by atoms with Crippen LogP contribution in [0.5, 0.6) is 0 Å². The molecular weight excluding hydrogens is 372 g/mol. The fourth-order valence-corrected chi connectivity index (χ4v) is 4.34. The molecule has 0 bridgehead atoms. The minimum absolute atomic E-state index is 0.0363. The average Bonchev–Trinajstić information content (AvgIpc) is 3.05. The van der Waals surface area contributed by atoms with E-state index in [0.29, 0.717) is 51.6 Å². The van der Waals surface area contributed by atoms with Crippen LogP contribution in [0.15, 0.2) is 18.3 Å². The van der Waals surface area contributed by atoms with E-state index in [0.717, 1.165) is 31.5 Å². The quantitative estimate of drug-likeness (QED) is 0.819. The Bertz CT molecular complexity index is 744. The van der Waals surface area contributed by atoms with Crippen LogP contribution in [0.2, 0.25) is 0 Å². The first-order valence-electron chi connectivity index (χ1n) is 10.4. The third kappa shape index (κ3) is 4.86. The second-order valence-electron chi connectivity index (χ2n) is 8.09. The van der Waals surface area contributed by atoms with E-state index in [1.54, 1.807) is 18.3 Å². The normalized spacial score (nSPS) is 28.1. The SMILES string of the molecule is N#Cc1ccc(NC[C@@H]2CC[C@]3(COCCN(C(=O)C4CCOCC4)C3)O2)nc1. The molecule has 0 saturated carbocycles. The topological polar surface area (TPSA) is 96.7 Å². The molecule has 2 atom stereocenters. The van der Waals surface area contributed by atoms with Crippen molar-refractivity contribution in [2.75, 3.05) is 51.4 Å². The van der Waals surface area contributed by atoms with Crippen molar-refractivity contribution in [3.05, 3.63) is 23.9 Å². The van der Waals surface area contributed by atoms with E-state index in [1.807, 2.05) is 4.90 Å². The third-order valence-corrected chi connectivity index (χ3v) is 5.97. The largest absolute Gasteiger partial charge is 0.381 e. The molecule has 3 aliphatic rings. The van der Waals surface area contributed by atoms with Gasteiger partial charge in [-0.2, -0.15) is 5.26 Å². The summed E-state index contributed by atoms with van der Waals surface area (Å²) in [5, 5.41) is 12.1. The van der Waals surface area contributed by atoms with Crippen molar-refractivity contribution >= 4 is 11.7 Å². The van der Waals surface area contributed by atoms with E-state index in [-0.39, 0.29) is 17.9 Å². The Kier molecular flexibility index (Phi) is 6.28. The van der Waals surface area contributed by atoms with Crippen molar-refractivity contribution in [1.29, 1.82) is 5.26 Å². The lowest BCUT2D eigenvalue weighted by Gasteiger charge is -2.34. The molecule has 0 aromatic carbocycles. The van der Waals surface area contributed by atoms with E-state index in [1.165, 1.54) is 0 Å². The molecule has 29 heavy (non-hydrogen) atoms. The van der Waals surface area contributed by atoms with E-state index in [4.69, 9.17) is 19.5 Å². The Morgan fingerprint density at radius 1 is 1.28 bits per heavy atom. The van der Waals surface area contributed by atoms with Crippen LogP contribution in [-0.4, -0.2) is 73.6 Å². The first kappa shape index (κ1) is 20.1. The summed E-state index contributed by atoms with van der Waals surface area (Å²) < 4.78 is 17.6. The fourth-order valence-electron chi connectivity index (χ4n) is 4.34. The molecule has 0 radical (unpaired) electrons. The van der Waals surface area contributed by atoms with Crippen molar-refractivity contribution in [3.63, 3.8) is 0 Å². The van der Waals surface area contributed by atoms with Gasteiger partial charge in [0.25, 0.3) is 0 Å². The van der Waals surface area contributed by atoms with Crippen molar-refractivity contribution in [2.24, 2.45) is 5.92 Å². The summed E-state index contributed by atoms with van der Waals surface area (Å²) in [5.74, 6) is 0.993. The lowest BCUT2D eigenvalue weighted by atomic mass is 9.96. The second-order valence-corrected chi connectivity index (χ2v) is 8.09. The van der Waals surface area contributed by atoms with Gasteiger partial charge in [0, 0.05) is 38.4 Å². The molecule has 3 aliphatic heterocycles. The molecule has 3 fully saturated rings. The number of hydrogen-bond acceptors (Lipinski definition) is 7. The zero-order chi connectivity index (χ0) is 20.1. The summed E-state index contributed by atoms with van der Waals surface area (Å²) in [6, 6.07) is 5.60. The number of nitrogens with one attached hydrogen (secondary N) is 1. The third-order valence-electron chi connectivity index (χ3n) is 5.97. The minimum atomic E-state index is -0.429. The number of anilines is 1. The van der Waals surface area contributed by atoms with Crippen LogP contribution < -0.4 is 5.32 Å².